The van der Waals surface area contributed by atoms with E-state index in [-0.39, 0.29) is 16.5 Å². The van der Waals surface area contributed by atoms with Crippen molar-refractivity contribution in [1.82, 2.24) is 14.9 Å². The van der Waals surface area contributed by atoms with E-state index in [1.165, 1.54) is 13.1 Å². The second-order valence-electron chi connectivity index (χ2n) is 4.31. The molecule has 0 unspecified atom stereocenters. The summed E-state index contributed by atoms with van der Waals surface area (Å²) in [6, 6.07) is 6.44. The number of carbonyl (C=O) groups excluding carboxylic acids is 1. The Kier molecular flexibility index (Phi) is 3.51. The number of hydrogen-bond donors (Lipinski definition) is 2. The van der Waals surface area contributed by atoms with Crippen molar-refractivity contribution in [2.24, 2.45) is 0 Å². The minimum absolute atomic E-state index is 0.189. The van der Waals surface area contributed by atoms with E-state index in [0.717, 1.165) is 11.3 Å². The summed E-state index contributed by atoms with van der Waals surface area (Å²) in [5, 5.41) is 11.5. The molecule has 0 fully saturated rings. The molecule has 0 radical (unpaired) electrons. The summed E-state index contributed by atoms with van der Waals surface area (Å²) in [6.45, 7) is 0. The van der Waals surface area contributed by atoms with E-state index in [1.807, 2.05) is 0 Å². The van der Waals surface area contributed by atoms with Gasteiger partial charge >= 0.3 is 5.97 Å². The summed E-state index contributed by atoms with van der Waals surface area (Å²) in [5.74, 6) is -0.132. The lowest BCUT2D eigenvalue weighted by atomic mass is 10.4. The summed E-state index contributed by atoms with van der Waals surface area (Å²) in [5.41, 5.74) is 0. The highest BCUT2D eigenvalue weighted by atomic mass is 32.1. The fraction of sp³-hybridized carbons (Fsp3) is 0.0714. The predicted molar refractivity (Wildman–Crippen MR) is 79.5 cm³/mol. The number of nitrogens with one attached hydrogen (secondary N) is 1. The van der Waals surface area contributed by atoms with Crippen LogP contribution in [0.1, 0.15) is 20.2 Å². The molecule has 0 bridgehead atoms. The molecule has 0 aliphatic rings. The van der Waals surface area contributed by atoms with Gasteiger partial charge in [0.2, 0.25) is 5.88 Å². The summed E-state index contributed by atoms with van der Waals surface area (Å²) in [7, 11) is 1.52. The van der Waals surface area contributed by atoms with E-state index >= 15 is 0 Å². The number of nitrogens with zero attached hydrogens (tertiary/aromatic N) is 2. The van der Waals surface area contributed by atoms with E-state index in [9.17, 15) is 9.59 Å². The van der Waals surface area contributed by atoms with Gasteiger partial charge in [-0.3, -0.25) is 9.36 Å². The lowest BCUT2D eigenvalue weighted by molar-refractivity contribution is 0.0702. The molecule has 3 aromatic rings. The van der Waals surface area contributed by atoms with Crippen molar-refractivity contribution >= 4 is 23.2 Å². The molecule has 0 aliphatic heterocycles. The van der Waals surface area contributed by atoms with Gasteiger partial charge in [0.25, 0.3) is 5.91 Å². The number of aromatic nitrogens is 2. The standard InChI is InChI=1S/C14H11N3O4S/c1-15-13(18)8-2-5-11(21-8)17-7-6-16-12(17)9-3-4-10(22-9)14(19)20/h2-7H,1H3,(H,15,18)(H,19,20). The minimum Gasteiger partial charge on any atom is -0.477 e. The van der Waals surface area contributed by atoms with Gasteiger partial charge in [0.05, 0.1) is 4.88 Å². The maximum absolute atomic E-state index is 11.5. The molecule has 0 aliphatic carbocycles. The molecule has 0 spiro atoms. The van der Waals surface area contributed by atoms with Gasteiger partial charge in [0, 0.05) is 25.5 Å². The molecule has 0 atom stereocenters. The van der Waals surface area contributed by atoms with E-state index in [1.54, 1.807) is 35.2 Å². The topological polar surface area (TPSA) is 97.4 Å². The molecule has 3 aromatic heterocycles. The average molecular weight is 317 g/mol. The van der Waals surface area contributed by atoms with E-state index in [0.29, 0.717) is 16.6 Å². The van der Waals surface area contributed by atoms with Gasteiger partial charge < -0.3 is 14.8 Å². The van der Waals surface area contributed by atoms with Crippen LogP contribution < -0.4 is 5.32 Å². The zero-order chi connectivity index (χ0) is 15.7. The third-order valence-electron chi connectivity index (χ3n) is 2.96. The minimum atomic E-state index is -0.978. The summed E-state index contributed by atoms with van der Waals surface area (Å²) >= 11 is 1.12. The number of carboxylic acid groups (broad SMARTS) is 1. The zero-order valence-electron chi connectivity index (χ0n) is 11.4. The molecule has 22 heavy (non-hydrogen) atoms. The second kappa shape index (κ2) is 5.49. The first-order valence-corrected chi connectivity index (χ1v) is 7.11. The van der Waals surface area contributed by atoms with Crippen LogP contribution in [0.5, 0.6) is 0 Å². The summed E-state index contributed by atoms with van der Waals surface area (Å²) in [6.07, 6.45) is 3.26. The van der Waals surface area contributed by atoms with Crippen molar-refractivity contribution in [2.75, 3.05) is 7.05 Å². The van der Waals surface area contributed by atoms with Crippen LogP contribution in [0.15, 0.2) is 41.1 Å². The van der Waals surface area contributed by atoms with E-state index in [2.05, 4.69) is 10.3 Å². The molecule has 112 valence electrons. The van der Waals surface area contributed by atoms with Crippen LogP contribution in [0.25, 0.3) is 16.6 Å². The lowest BCUT2D eigenvalue weighted by Crippen LogP contribution is -2.16. The van der Waals surface area contributed by atoms with Gasteiger partial charge in [-0.05, 0) is 18.2 Å². The number of thiophene rings is 1. The van der Waals surface area contributed by atoms with Crippen molar-refractivity contribution in [3.05, 3.63) is 47.3 Å². The maximum Gasteiger partial charge on any atom is 0.345 e. The summed E-state index contributed by atoms with van der Waals surface area (Å²) < 4.78 is 7.15. The average Bonchev–Trinajstić information content (AvgIpc) is 3.22. The lowest BCUT2D eigenvalue weighted by Gasteiger charge is -2.02. The number of hydrogen-bond acceptors (Lipinski definition) is 5. The molecule has 0 saturated heterocycles. The molecule has 1 amide bonds. The first-order chi connectivity index (χ1) is 10.6. The molecule has 0 aromatic carbocycles. The SMILES string of the molecule is CNC(=O)c1ccc(-n2ccnc2-c2ccc(C(=O)O)s2)o1. The molecule has 7 nitrogen and oxygen atoms in total. The van der Waals surface area contributed by atoms with Crippen LogP contribution in [-0.4, -0.2) is 33.6 Å². The van der Waals surface area contributed by atoms with Crippen molar-refractivity contribution in [1.29, 1.82) is 0 Å². The number of carboxylic acids is 1. The number of carbonyl (C=O) groups is 2. The van der Waals surface area contributed by atoms with Gasteiger partial charge in [-0.2, -0.15) is 0 Å². The second-order valence-corrected chi connectivity index (χ2v) is 5.39. The quantitative estimate of drug-likeness (QED) is 0.769. The Morgan fingerprint density at radius 1 is 1.32 bits per heavy atom. The van der Waals surface area contributed by atoms with Crippen molar-refractivity contribution < 1.29 is 19.1 Å². The van der Waals surface area contributed by atoms with E-state index < -0.39 is 5.97 Å². The number of imidazole rings is 1. The molecular formula is C14H11N3O4S. The third kappa shape index (κ3) is 2.40. The first kappa shape index (κ1) is 14.1. The van der Waals surface area contributed by atoms with Crippen LogP contribution >= 0.6 is 11.3 Å². The normalized spacial score (nSPS) is 10.6. The van der Waals surface area contributed by atoms with Crippen molar-refractivity contribution in [3.63, 3.8) is 0 Å². The Labute approximate surface area is 128 Å². The Morgan fingerprint density at radius 2 is 2.14 bits per heavy atom. The first-order valence-electron chi connectivity index (χ1n) is 6.29. The molecule has 8 heteroatoms. The highest BCUT2D eigenvalue weighted by molar-refractivity contribution is 7.17. The Hall–Kier alpha value is -2.87. The Bertz CT molecular complexity index is 846. The highest BCUT2D eigenvalue weighted by Crippen LogP contribution is 2.29. The Balaban J connectivity index is 1.99. The number of aromatic carboxylic acids is 1. The fourth-order valence-electron chi connectivity index (χ4n) is 1.94. The monoisotopic (exact) mass is 317 g/mol. The van der Waals surface area contributed by atoms with Gasteiger partial charge in [-0.15, -0.1) is 11.3 Å². The molecule has 3 heterocycles. The number of amides is 1. The van der Waals surface area contributed by atoms with Gasteiger partial charge in [-0.25, -0.2) is 9.78 Å². The number of furan rings is 1. The summed E-state index contributed by atoms with van der Waals surface area (Å²) in [4.78, 5) is 27.7. The van der Waals surface area contributed by atoms with Gasteiger partial charge in [-0.1, -0.05) is 0 Å². The smallest absolute Gasteiger partial charge is 0.345 e. The molecule has 3 rings (SSSR count). The van der Waals surface area contributed by atoms with Gasteiger partial charge in [0.15, 0.2) is 11.6 Å². The fourth-order valence-corrected chi connectivity index (χ4v) is 2.78. The molecule has 0 saturated carbocycles. The van der Waals surface area contributed by atoms with Crippen LogP contribution in [-0.2, 0) is 0 Å². The third-order valence-corrected chi connectivity index (χ3v) is 4.03. The van der Waals surface area contributed by atoms with Crippen LogP contribution in [0.3, 0.4) is 0 Å². The highest BCUT2D eigenvalue weighted by Gasteiger charge is 2.16. The maximum atomic E-state index is 11.5. The van der Waals surface area contributed by atoms with Crippen LogP contribution in [0, 0.1) is 0 Å². The van der Waals surface area contributed by atoms with E-state index in [4.69, 9.17) is 9.52 Å². The molecule has 2 N–H and O–H groups in total. The van der Waals surface area contributed by atoms with Crippen molar-refractivity contribution in [2.45, 2.75) is 0 Å². The largest absolute Gasteiger partial charge is 0.477 e. The van der Waals surface area contributed by atoms with Gasteiger partial charge in [0.1, 0.15) is 4.88 Å². The van der Waals surface area contributed by atoms with Crippen molar-refractivity contribution in [3.8, 4) is 16.6 Å². The van der Waals surface area contributed by atoms with Crippen LogP contribution in [0.2, 0.25) is 0 Å². The Morgan fingerprint density at radius 3 is 2.82 bits per heavy atom. The van der Waals surface area contributed by atoms with Crippen LogP contribution in [0.4, 0.5) is 0 Å². The number of rotatable bonds is 4. The zero-order valence-corrected chi connectivity index (χ0v) is 12.3. The predicted octanol–water partition coefficient (Wildman–Crippen LogP) is 2.25. The molecular weight excluding hydrogens is 306 g/mol.